The van der Waals surface area contributed by atoms with Crippen molar-refractivity contribution in [2.75, 3.05) is 12.4 Å². The molecule has 0 saturated carbocycles. The lowest BCUT2D eigenvalue weighted by Gasteiger charge is -2.17. The van der Waals surface area contributed by atoms with E-state index in [9.17, 15) is 4.79 Å². The summed E-state index contributed by atoms with van der Waals surface area (Å²) in [5.74, 6) is 0.664. The number of nitrogens with one attached hydrogen (secondary N) is 1. The molecule has 4 aromatic rings. The third-order valence-corrected chi connectivity index (χ3v) is 5.18. The molecule has 0 unspecified atom stereocenters. The molecule has 7 heteroatoms. The number of aromatic nitrogens is 3. The predicted octanol–water partition coefficient (Wildman–Crippen LogP) is 4.48. The minimum atomic E-state index is -0.410. The largest absolute Gasteiger partial charge is 0.490 e. The maximum Gasteiger partial charge on any atom is 0.316 e. The molecule has 2 heterocycles. The molecular weight excluding hydrogens is 384 g/mol. The van der Waals surface area contributed by atoms with Gasteiger partial charge in [0, 0.05) is 16.6 Å². The van der Waals surface area contributed by atoms with Crippen molar-refractivity contribution >= 4 is 23.0 Å². The van der Waals surface area contributed by atoms with E-state index in [1.54, 1.807) is 17.5 Å². The van der Waals surface area contributed by atoms with Crippen molar-refractivity contribution in [3.63, 3.8) is 0 Å². The first kappa shape index (κ1) is 18.9. The van der Waals surface area contributed by atoms with Crippen molar-refractivity contribution in [3.05, 3.63) is 87.1 Å². The highest BCUT2D eigenvalue weighted by molar-refractivity contribution is 7.07. The zero-order chi connectivity index (χ0) is 20.2. The average molecular weight is 404 g/mol. The molecule has 0 aliphatic heterocycles. The summed E-state index contributed by atoms with van der Waals surface area (Å²) in [4.78, 5) is 20.9. The number of nitrogens with zero attached hydrogens (tertiary/aromatic N) is 3. The molecule has 0 spiro atoms. The van der Waals surface area contributed by atoms with Crippen molar-refractivity contribution in [1.82, 2.24) is 14.5 Å². The normalized spacial score (nSPS) is 10.7. The monoisotopic (exact) mass is 404 g/mol. The van der Waals surface area contributed by atoms with Gasteiger partial charge in [0.05, 0.1) is 31.1 Å². The Morgan fingerprint density at radius 1 is 1.17 bits per heavy atom. The van der Waals surface area contributed by atoms with Gasteiger partial charge in [-0.15, -0.1) is 11.3 Å². The Morgan fingerprint density at radius 3 is 2.72 bits per heavy atom. The van der Waals surface area contributed by atoms with Crippen molar-refractivity contribution in [1.29, 1.82) is 0 Å². The van der Waals surface area contributed by atoms with Crippen LogP contribution in [-0.2, 0) is 6.54 Å². The van der Waals surface area contributed by atoms with Gasteiger partial charge in [-0.25, -0.2) is 4.98 Å². The van der Waals surface area contributed by atoms with E-state index in [2.05, 4.69) is 15.3 Å². The molecular formula is C22H20N4O2S. The molecule has 2 aromatic heterocycles. The van der Waals surface area contributed by atoms with Crippen LogP contribution in [0.1, 0.15) is 11.1 Å². The van der Waals surface area contributed by atoms with E-state index in [1.807, 2.05) is 70.9 Å². The lowest BCUT2D eigenvalue weighted by Crippen LogP contribution is -2.19. The molecule has 0 radical (unpaired) electrons. The summed E-state index contributed by atoms with van der Waals surface area (Å²) >= 11 is 1.55. The van der Waals surface area contributed by atoms with Crippen LogP contribution < -0.4 is 15.6 Å². The van der Waals surface area contributed by atoms with Crippen molar-refractivity contribution in [2.45, 2.75) is 13.5 Å². The number of benzene rings is 2. The topological polar surface area (TPSA) is 69.0 Å². The second kappa shape index (κ2) is 8.28. The Bertz CT molecular complexity index is 1170. The summed E-state index contributed by atoms with van der Waals surface area (Å²) in [6, 6.07) is 16.1. The van der Waals surface area contributed by atoms with Crippen LogP contribution in [0.2, 0.25) is 0 Å². The standard InChI is InChI=1S/C22H20N4O2S/c1-15-8-9-17(19-13-29-14-23-19)10-18(15)24-22-25-21(27)20(28-2)12-26(22)11-16-6-4-3-5-7-16/h3-10,12-14H,11H2,1-2H3,(H,24,25,27). The van der Waals surface area contributed by atoms with Crippen molar-refractivity contribution in [2.24, 2.45) is 0 Å². The maximum atomic E-state index is 12.3. The van der Waals surface area contributed by atoms with Crippen LogP contribution in [0.5, 0.6) is 5.75 Å². The van der Waals surface area contributed by atoms with Crippen LogP contribution in [0.4, 0.5) is 11.6 Å². The van der Waals surface area contributed by atoms with Gasteiger partial charge in [-0.05, 0) is 24.1 Å². The van der Waals surface area contributed by atoms with E-state index in [-0.39, 0.29) is 5.75 Å². The van der Waals surface area contributed by atoms with E-state index in [1.165, 1.54) is 7.11 Å². The molecule has 1 N–H and O–H groups in total. The Morgan fingerprint density at radius 2 is 2.00 bits per heavy atom. The zero-order valence-electron chi connectivity index (χ0n) is 16.1. The summed E-state index contributed by atoms with van der Waals surface area (Å²) in [6.45, 7) is 2.56. The van der Waals surface area contributed by atoms with E-state index >= 15 is 0 Å². The highest BCUT2D eigenvalue weighted by Gasteiger charge is 2.12. The summed E-state index contributed by atoms with van der Waals surface area (Å²) in [5.41, 5.74) is 6.33. The lowest BCUT2D eigenvalue weighted by atomic mass is 10.1. The molecule has 0 amide bonds. The van der Waals surface area contributed by atoms with Crippen LogP contribution in [0.3, 0.4) is 0 Å². The number of methoxy groups -OCH3 is 1. The first-order valence-electron chi connectivity index (χ1n) is 9.09. The fourth-order valence-corrected chi connectivity index (χ4v) is 3.57. The summed E-state index contributed by atoms with van der Waals surface area (Å²) in [5, 5.41) is 5.33. The molecule has 0 bridgehead atoms. The zero-order valence-corrected chi connectivity index (χ0v) is 16.9. The van der Waals surface area contributed by atoms with Crippen LogP contribution in [0, 0.1) is 6.92 Å². The van der Waals surface area contributed by atoms with Crippen molar-refractivity contribution < 1.29 is 4.74 Å². The van der Waals surface area contributed by atoms with Gasteiger partial charge in [0.15, 0.2) is 0 Å². The summed E-state index contributed by atoms with van der Waals surface area (Å²) in [7, 11) is 1.47. The fraction of sp³-hybridized carbons (Fsp3) is 0.136. The Kier molecular flexibility index (Phi) is 5.39. The number of anilines is 2. The highest BCUT2D eigenvalue weighted by Crippen LogP contribution is 2.27. The quantitative estimate of drug-likeness (QED) is 0.513. The van der Waals surface area contributed by atoms with Gasteiger partial charge in [-0.3, -0.25) is 4.79 Å². The molecule has 6 nitrogen and oxygen atoms in total. The number of rotatable bonds is 6. The van der Waals surface area contributed by atoms with Crippen LogP contribution in [0.15, 0.2) is 70.4 Å². The van der Waals surface area contributed by atoms with Crippen LogP contribution in [0.25, 0.3) is 11.3 Å². The van der Waals surface area contributed by atoms with Gasteiger partial charge in [-0.2, -0.15) is 4.98 Å². The molecule has 29 heavy (non-hydrogen) atoms. The minimum absolute atomic E-state index is 0.208. The lowest BCUT2D eigenvalue weighted by molar-refractivity contribution is 0.402. The van der Waals surface area contributed by atoms with Crippen LogP contribution in [-0.4, -0.2) is 21.6 Å². The van der Waals surface area contributed by atoms with Gasteiger partial charge in [0.2, 0.25) is 11.7 Å². The molecule has 0 saturated heterocycles. The third kappa shape index (κ3) is 4.20. The summed E-state index contributed by atoms with van der Waals surface area (Å²) in [6.07, 6.45) is 1.68. The minimum Gasteiger partial charge on any atom is -0.490 e. The van der Waals surface area contributed by atoms with Crippen LogP contribution >= 0.6 is 11.3 Å². The number of hydrogen-bond donors (Lipinski definition) is 1. The van der Waals surface area contributed by atoms with Gasteiger partial charge < -0.3 is 14.6 Å². The third-order valence-electron chi connectivity index (χ3n) is 4.59. The number of ether oxygens (including phenoxy) is 1. The number of aryl methyl sites for hydroxylation is 1. The number of thiazole rings is 1. The first-order chi connectivity index (χ1) is 14.1. The molecule has 0 fully saturated rings. The second-order valence-corrected chi connectivity index (χ2v) is 7.30. The number of hydrogen-bond acceptors (Lipinski definition) is 6. The Hall–Kier alpha value is -3.45. The van der Waals surface area contributed by atoms with Gasteiger partial charge in [0.1, 0.15) is 0 Å². The van der Waals surface area contributed by atoms with E-state index in [0.717, 1.165) is 28.1 Å². The van der Waals surface area contributed by atoms with Gasteiger partial charge in [0.25, 0.3) is 0 Å². The fourth-order valence-electron chi connectivity index (χ4n) is 3.01. The molecule has 4 rings (SSSR count). The molecule has 0 aliphatic carbocycles. The summed E-state index contributed by atoms with van der Waals surface area (Å²) < 4.78 is 7.07. The molecule has 2 aromatic carbocycles. The molecule has 0 atom stereocenters. The van der Waals surface area contributed by atoms with E-state index in [0.29, 0.717) is 12.5 Å². The average Bonchev–Trinajstić information content (AvgIpc) is 3.27. The first-order valence-corrected chi connectivity index (χ1v) is 10.0. The van der Waals surface area contributed by atoms with E-state index < -0.39 is 5.56 Å². The molecule has 146 valence electrons. The maximum absolute atomic E-state index is 12.3. The Balaban J connectivity index is 1.74. The van der Waals surface area contributed by atoms with E-state index in [4.69, 9.17) is 4.74 Å². The van der Waals surface area contributed by atoms with Gasteiger partial charge >= 0.3 is 5.56 Å². The molecule has 0 aliphatic rings. The Labute approximate surface area is 172 Å². The predicted molar refractivity (Wildman–Crippen MR) is 116 cm³/mol. The van der Waals surface area contributed by atoms with Crippen molar-refractivity contribution in [3.8, 4) is 17.0 Å². The highest BCUT2D eigenvalue weighted by atomic mass is 32.1. The second-order valence-electron chi connectivity index (χ2n) is 6.58. The van der Waals surface area contributed by atoms with Gasteiger partial charge in [-0.1, -0.05) is 42.5 Å². The smallest absolute Gasteiger partial charge is 0.316 e. The SMILES string of the molecule is COc1cn(Cc2ccccc2)c(Nc2cc(-c3cscn3)ccc2C)nc1=O.